The number of rotatable bonds is 4. The van der Waals surface area contributed by atoms with Crippen molar-refractivity contribution in [2.45, 2.75) is 69.5 Å². The Bertz CT molecular complexity index is 288. The summed E-state index contributed by atoms with van der Waals surface area (Å²) in [4.78, 5) is 0. The maximum absolute atomic E-state index is 6.52. The molecule has 1 spiro atoms. The van der Waals surface area contributed by atoms with Gasteiger partial charge in [0.1, 0.15) is 0 Å². The molecule has 110 valence electrons. The van der Waals surface area contributed by atoms with E-state index in [0.717, 1.165) is 19.8 Å². The molecule has 1 saturated carbocycles. The summed E-state index contributed by atoms with van der Waals surface area (Å²) in [5.41, 5.74) is 0.707. The minimum atomic E-state index is 0.288. The zero-order valence-corrected chi connectivity index (χ0v) is 12.4. The molecule has 19 heavy (non-hydrogen) atoms. The van der Waals surface area contributed by atoms with Crippen molar-refractivity contribution < 1.29 is 9.47 Å². The normalized spacial score (nSPS) is 33.0. The van der Waals surface area contributed by atoms with Crippen LogP contribution >= 0.6 is 0 Å². The Hall–Kier alpha value is -0.120. The Kier molecular flexibility index (Phi) is 4.16. The van der Waals surface area contributed by atoms with Crippen LogP contribution in [0, 0.1) is 5.41 Å². The van der Waals surface area contributed by atoms with Crippen LogP contribution in [0.5, 0.6) is 0 Å². The standard InChI is InChI=1S/C16H29NO2/c1-17-13-15(8-10-18-11-9-15)12-14-4-7-16(19-14)5-2-3-6-16/h14,17H,2-13H2,1H3. The van der Waals surface area contributed by atoms with Crippen LogP contribution in [-0.2, 0) is 9.47 Å². The van der Waals surface area contributed by atoms with Gasteiger partial charge in [0.05, 0.1) is 11.7 Å². The predicted molar refractivity (Wildman–Crippen MR) is 76.3 cm³/mol. The van der Waals surface area contributed by atoms with Crippen molar-refractivity contribution in [1.82, 2.24) is 5.32 Å². The zero-order chi connectivity index (χ0) is 13.2. The smallest absolute Gasteiger partial charge is 0.0687 e. The average molecular weight is 267 g/mol. The molecule has 0 bridgehead atoms. The fourth-order valence-electron chi connectivity index (χ4n) is 4.54. The highest BCUT2D eigenvalue weighted by Crippen LogP contribution is 2.47. The van der Waals surface area contributed by atoms with Gasteiger partial charge < -0.3 is 14.8 Å². The molecule has 1 aliphatic carbocycles. The fraction of sp³-hybridized carbons (Fsp3) is 1.00. The molecule has 3 aliphatic rings. The summed E-state index contributed by atoms with van der Waals surface area (Å²) in [6.45, 7) is 2.97. The molecular weight excluding hydrogens is 238 g/mol. The van der Waals surface area contributed by atoms with Gasteiger partial charge in [0.15, 0.2) is 0 Å². The van der Waals surface area contributed by atoms with E-state index in [1.165, 1.54) is 57.8 Å². The lowest BCUT2D eigenvalue weighted by Crippen LogP contribution is -2.41. The predicted octanol–water partition coefficient (Wildman–Crippen LogP) is 2.88. The largest absolute Gasteiger partial charge is 0.381 e. The van der Waals surface area contributed by atoms with Crippen LogP contribution in [0.15, 0.2) is 0 Å². The second-order valence-electron chi connectivity index (χ2n) is 7.02. The van der Waals surface area contributed by atoms with Crippen LogP contribution in [0.3, 0.4) is 0 Å². The second-order valence-corrected chi connectivity index (χ2v) is 7.02. The number of nitrogens with one attached hydrogen (secondary N) is 1. The Morgan fingerprint density at radius 2 is 1.79 bits per heavy atom. The minimum Gasteiger partial charge on any atom is -0.381 e. The molecule has 2 aliphatic heterocycles. The van der Waals surface area contributed by atoms with Crippen molar-refractivity contribution in [2.75, 3.05) is 26.8 Å². The Labute approximate surface area is 117 Å². The highest BCUT2D eigenvalue weighted by Gasteiger charge is 2.45. The van der Waals surface area contributed by atoms with Crippen molar-refractivity contribution in [2.24, 2.45) is 5.41 Å². The van der Waals surface area contributed by atoms with Crippen LogP contribution in [0.1, 0.15) is 57.8 Å². The lowest BCUT2D eigenvalue weighted by atomic mass is 9.75. The van der Waals surface area contributed by atoms with Gasteiger partial charge in [-0.2, -0.15) is 0 Å². The number of ether oxygens (including phenoxy) is 2. The van der Waals surface area contributed by atoms with Gasteiger partial charge >= 0.3 is 0 Å². The summed E-state index contributed by atoms with van der Waals surface area (Å²) in [5.74, 6) is 0. The molecule has 3 nitrogen and oxygen atoms in total. The van der Waals surface area contributed by atoms with E-state index in [4.69, 9.17) is 9.47 Å². The van der Waals surface area contributed by atoms with E-state index in [1.807, 2.05) is 0 Å². The third-order valence-electron chi connectivity index (χ3n) is 5.62. The van der Waals surface area contributed by atoms with Gasteiger partial charge in [0.2, 0.25) is 0 Å². The summed E-state index contributed by atoms with van der Waals surface area (Å²) in [5, 5.41) is 3.40. The highest BCUT2D eigenvalue weighted by molar-refractivity contribution is 4.95. The lowest BCUT2D eigenvalue weighted by Gasteiger charge is -2.39. The van der Waals surface area contributed by atoms with Crippen molar-refractivity contribution in [3.63, 3.8) is 0 Å². The molecule has 1 atom stereocenters. The van der Waals surface area contributed by atoms with Gasteiger partial charge in [-0.25, -0.2) is 0 Å². The molecule has 0 radical (unpaired) electrons. The zero-order valence-electron chi connectivity index (χ0n) is 12.4. The molecule has 2 saturated heterocycles. The van der Waals surface area contributed by atoms with E-state index in [9.17, 15) is 0 Å². The molecule has 2 heterocycles. The van der Waals surface area contributed by atoms with E-state index in [1.54, 1.807) is 0 Å². The molecule has 3 fully saturated rings. The van der Waals surface area contributed by atoms with Gasteiger partial charge in [-0.15, -0.1) is 0 Å². The van der Waals surface area contributed by atoms with Crippen LogP contribution in [0.25, 0.3) is 0 Å². The van der Waals surface area contributed by atoms with Crippen LogP contribution < -0.4 is 5.32 Å². The van der Waals surface area contributed by atoms with E-state index in [2.05, 4.69) is 12.4 Å². The van der Waals surface area contributed by atoms with E-state index < -0.39 is 0 Å². The summed E-state index contributed by atoms with van der Waals surface area (Å²) in [7, 11) is 2.07. The summed E-state index contributed by atoms with van der Waals surface area (Å²) in [6, 6.07) is 0. The second kappa shape index (κ2) is 5.71. The number of hydrogen-bond acceptors (Lipinski definition) is 3. The SMILES string of the molecule is CNCC1(CC2CCC3(CCCC3)O2)CCOCC1. The Morgan fingerprint density at radius 3 is 2.47 bits per heavy atom. The molecule has 0 amide bonds. The summed E-state index contributed by atoms with van der Waals surface area (Å²) >= 11 is 0. The molecule has 0 aromatic heterocycles. The van der Waals surface area contributed by atoms with Crippen molar-refractivity contribution >= 4 is 0 Å². The third kappa shape index (κ3) is 2.98. The lowest BCUT2D eigenvalue weighted by molar-refractivity contribution is -0.0700. The van der Waals surface area contributed by atoms with Gasteiger partial charge in [-0.05, 0) is 57.4 Å². The first-order valence-corrected chi connectivity index (χ1v) is 8.16. The quantitative estimate of drug-likeness (QED) is 0.849. The third-order valence-corrected chi connectivity index (χ3v) is 5.62. The molecule has 1 N–H and O–H groups in total. The summed E-state index contributed by atoms with van der Waals surface area (Å²) in [6.07, 6.45) is 12.1. The van der Waals surface area contributed by atoms with Crippen LogP contribution in [-0.4, -0.2) is 38.5 Å². The molecule has 0 aromatic rings. The maximum atomic E-state index is 6.52. The van der Waals surface area contributed by atoms with Crippen molar-refractivity contribution in [3.05, 3.63) is 0 Å². The van der Waals surface area contributed by atoms with E-state index in [-0.39, 0.29) is 5.60 Å². The Balaban J connectivity index is 1.59. The van der Waals surface area contributed by atoms with Gasteiger partial charge in [-0.3, -0.25) is 0 Å². The average Bonchev–Trinajstić information content (AvgIpc) is 3.02. The first-order valence-electron chi connectivity index (χ1n) is 8.16. The van der Waals surface area contributed by atoms with E-state index in [0.29, 0.717) is 11.5 Å². The minimum absolute atomic E-state index is 0.288. The molecule has 0 aromatic carbocycles. The van der Waals surface area contributed by atoms with Gasteiger partial charge in [0, 0.05) is 19.8 Å². The first kappa shape index (κ1) is 13.8. The molecule has 3 heteroatoms. The first-order chi connectivity index (χ1) is 9.26. The molecule has 1 unspecified atom stereocenters. The topological polar surface area (TPSA) is 30.5 Å². The van der Waals surface area contributed by atoms with Crippen LogP contribution in [0.2, 0.25) is 0 Å². The molecular formula is C16H29NO2. The van der Waals surface area contributed by atoms with Crippen molar-refractivity contribution in [3.8, 4) is 0 Å². The fourth-order valence-corrected chi connectivity index (χ4v) is 4.54. The number of hydrogen-bond donors (Lipinski definition) is 1. The summed E-state index contributed by atoms with van der Waals surface area (Å²) < 4.78 is 12.1. The maximum Gasteiger partial charge on any atom is 0.0687 e. The molecule has 3 rings (SSSR count). The van der Waals surface area contributed by atoms with Crippen molar-refractivity contribution in [1.29, 1.82) is 0 Å². The van der Waals surface area contributed by atoms with Gasteiger partial charge in [-0.1, -0.05) is 12.8 Å². The Morgan fingerprint density at radius 1 is 1.05 bits per heavy atom. The van der Waals surface area contributed by atoms with Crippen LogP contribution in [0.4, 0.5) is 0 Å². The van der Waals surface area contributed by atoms with E-state index >= 15 is 0 Å². The van der Waals surface area contributed by atoms with Gasteiger partial charge in [0.25, 0.3) is 0 Å². The highest BCUT2D eigenvalue weighted by atomic mass is 16.5. The monoisotopic (exact) mass is 267 g/mol.